The van der Waals surface area contributed by atoms with Gasteiger partial charge in [0.2, 0.25) is 0 Å². The van der Waals surface area contributed by atoms with Crippen LogP contribution in [0.2, 0.25) is 5.02 Å². The number of rotatable bonds is 1. The van der Waals surface area contributed by atoms with Gasteiger partial charge in [-0.05, 0) is 29.8 Å². The van der Waals surface area contributed by atoms with Gasteiger partial charge in [-0.3, -0.25) is 4.79 Å². The van der Waals surface area contributed by atoms with Crippen molar-refractivity contribution in [3.05, 3.63) is 62.2 Å². The van der Waals surface area contributed by atoms with Gasteiger partial charge in [0.1, 0.15) is 5.75 Å². The Balaban J connectivity index is 2.08. The number of ketones is 1. The number of aromatic amines is 1. The predicted molar refractivity (Wildman–Crippen MR) is 99.6 cm³/mol. The summed E-state index contributed by atoms with van der Waals surface area (Å²) in [6, 6.07) is 9.52. The second kappa shape index (κ2) is 5.11. The zero-order valence-electron chi connectivity index (χ0n) is 13.5. The van der Waals surface area contributed by atoms with Gasteiger partial charge in [0.25, 0.3) is 0 Å². The molecule has 1 aliphatic carbocycles. The summed E-state index contributed by atoms with van der Waals surface area (Å²) in [6.07, 6.45) is 0. The van der Waals surface area contributed by atoms with E-state index in [9.17, 15) is 4.79 Å². The maximum absolute atomic E-state index is 13.2. The molecule has 2 aromatic carbocycles. The standard InChI is InChI=1S/C19H15BrClNO2/c1-19(2)12-8-15(24-3)13(21)7-11(12)17(23)16-10-5-4-9(20)6-14(10)22-18(16)19/h4-8,22H,1-3H3. The largest absolute Gasteiger partial charge is 0.495 e. The van der Waals surface area contributed by atoms with Crippen LogP contribution in [0.3, 0.4) is 0 Å². The Bertz CT molecular complexity index is 1020. The lowest BCUT2D eigenvalue weighted by atomic mass is 9.71. The highest BCUT2D eigenvalue weighted by molar-refractivity contribution is 9.10. The number of halogens is 2. The molecule has 1 N–H and O–H groups in total. The van der Waals surface area contributed by atoms with Crippen LogP contribution in [0.1, 0.15) is 41.0 Å². The van der Waals surface area contributed by atoms with Crippen LogP contribution in [-0.4, -0.2) is 17.9 Å². The number of hydrogen-bond acceptors (Lipinski definition) is 2. The van der Waals surface area contributed by atoms with E-state index in [1.165, 1.54) is 0 Å². The summed E-state index contributed by atoms with van der Waals surface area (Å²) in [5, 5.41) is 1.38. The highest BCUT2D eigenvalue weighted by Crippen LogP contribution is 2.46. The molecule has 0 fully saturated rings. The molecule has 122 valence electrons. The van der Waals surface area contributed by atoms with E-state index in [0.717, 1.165) is 32.2 Å². The van der Waals surface area contributed by atoms with Crippen molar-refractivity contribution in [2.75, 3.05) is 7.11 Å². The lowest BCUT2D eigenvalue weighted by Crippen LogP contribution is -2.30. The number of carbonyl (C=O) groups is 1. The number of carbonyl (C=O) groups excluding carboxylic acids is 1. The Labute approximate surface area is 153 Å². The van der Waals surface area contributed by atoms with Crippen LogP contribution < -0.4 is 4.74 Å². The SMILES string of the molecule is COc1cc2c(cc1Cl)C(=O)c1c([nH]c3cc(Br)ccc13)C2(C)C. The first-order valence-electron chi connectivity index (χ1n) is 7.59. The molecule has 0 amide bonds. The van der Waals surface area contributed by atoms with Crippen LogP contribution in [0.15, 0.2) is 34.8 Å². The third kappa shape index (κ3) is 1.99. The molecule has 5 heteroatoms. The fourth-order valence-corrected chi connectivity index (χ4v) is 4.16. The number of nitrogens with one attached hydrogen (secondary N) is 1. The molecule has 1 aromatic heterocycles. The van der Waals surface area contributed by atoms with Crippen molar-refractivity contribution in [1.29, 1.82) is 0 Å². The molecule has 0 atom stereocenters. The van der Waals surface area contributed by atoms with Crippen molar-refractivity contribution in [3.63, 3.8) is 0 Å². The first-order valence-corrected chi connectivity index (χ1v) is 8.76. The van der Waals surface area contributed by atoms with Crippen LogP contribution >= 0.6 is 27.5 Å². The minimum Gasteiger partial charge on any atom is -0.495 e. The molecule has 0 saturated heterocycles. The molecule has 0 radical (unpaired) electrons. The third-order valence-corrected chi connectivity index (χ3v) is 5.61. The molecule has 0 spiro atoms. The van der Waals surface area contributed by atoms with Gasteiger partial charge in [-0.1, -0.05) is 47.4 Å². The van der Waals surface area contributed by atoms with Crippen LogP contribution in [0, 0.1) is 0 Å². The van der Waals surface area contributed by atoms with E-state index in [1.807, 2.05) is 24.3 Å². The minimum atomic E-state index is -0.359. The van der Waals surface area contributed by atoms with Gasteiger partial charge in [0.05, 0.1) is 17.7 Å². The van der Waals surface area contributed by atoms with E-state index in [4.69, 9.17) is 16.3 Å². The smallest absolute Gasteiger partial charge is 0.195 e. The number of ether oxygens (including phenoxy) is 1. The second-order valence-electron chi connectivity index (χ2n) is 6.55. The molecule has 24 heavy (non-hydrogen) atoms. The van der Waals surface area contributed by atoms with E-state index < -0.39 is 0 Å². The number of hydrogen-bond donors (Lipinski definition) is 1. The summed E-state index contributed by atoms with van der Waals surface area (Å²) in [7, 11) is 1.58. The summed E-state index contributed by atoms with van der Waals surface area (Å²) in [5.74, 6) is 0.580. The number of benzene rings is 2. The summed E-state index contributed by atoms with van der Waals surface area (Å²) < 4.78 is 6.32. The van der Waals surface area contributed by atoms with Gasteiger partial charge in [0, 0.05) is 32.0 Å². The van der Waals surface area contributed by atoms with Gasteiger partial charge in [-0.15, -0.1) is 0 Å². The summed E-state index contributed by atoms with van der Waals surface area (Å²) in [5.41, 5.74) is 3.81. The molecule has 1 aliphatic rings. The Morgan fingerprint density at radius 1 is 1.21 bits per heavy atom. The topological polar surface area (TPSA) is 42.1 Å². The number of methoxy groups -OCH3 is 1. The minimum absolute atomic E-state index is 0.00236. The van der Waals surface area contributed by atoms with Crippen LogP contribution in [-0.2, 0) is 5.41 Å². The van der Waals surface area contributed by atoms with Gasteiger partial charge >= 0.3 is 0 Å². The van der Waals surface area contributed by atoms with E-state index in [0.29, 0.717) is 16.3 Å². The van der Waals surface area contributed by atoms with Crippen molar-refractivity contribution in [2.24, 2.45) is 0 Å². The van der Waals surface area contributed by atoms with Crippen molar-refractivity contribution >= 4 is 44.2 Å². The van der Waals surface area contributed by atoms with Gasteiger partial charge in [-0.2, -0.15) is 0 Å². The molecule has 3 nitrogen and oxygen atoms in total. The molecule has 1 heterocycles. The van der Waals surface area contributed by atoms with Crippen LogP contribution in [0.25, 0.3) is 10.9 Å². The Kier molecular flexibility index (Phi) is 3.35. The van der Waals surface area contributed by atoms with Crippen LogP contribution in [0.4, 0.5) is 0 Å². The average molecular weight is 405 g/mol. The van der Waals surface area contributed by atoms with E-state index in [1.54, 1.807) is 13.2 Å². The fraction of sp³-hybridized carbons (Fsp3) is 0.211. The number of fused-ring (bicyclic) bond motifs is 4. The van der Waals surface area contributed by atoms with Crippen molar-refractivity contribution in [2.45, 2.75) is 19.3 Å². The molecular weight excluding hydrogens is 390 g/mol. The predicted octanol–water partition coefficient (Wildman–Crippen LogP) is 5.46. The quantitative estimate of drug-likeness (QED) is 0.585. The average Bonchev–Trinajstić information content (AvgIpc) is 2.92. The summed E-state index contributed by atoms with van der Waals surface area (Å²) in [4.78, 5) is 16.6. The molecular formula is C19H15BrClNO2. The maximum atomic E-state index is 13.2. The highest BCUT2D eigenvalue weighted by Gasteiger charge is 2.40. The molecule has 4 rings (SSSR count). The summed E-state index contributed by atoms with van der Waals surface area (Å²) in [6.45, 7) is 4.21. The Morgan fingerprint density at radius 2 is 1.96 bits per heavy atom. The highest BCUT2D eigenvalue weighted by atomic mass is 79.9. The Morgan fingerprint density at radius 3 is 2.67 bits per heavy atom. The normalized spacial score (nSPS) is 15.3. The lowest BCUT2D eigenvalue weighted by molar-refractivity contribution is 0.103. The maximum Gasteiger partial charge on any atom is 0.195 e. The summed E-state index contributed by atoms with van der Waals surface area (Å²) >= 11 is 9.76. The van der Waals surface area contributed by atoms with E-state index in [-0.39, 0.29) is 11.2 Å². The third-order valence-electron chi connectivity index (χ3n) is 4.82. The second-order valence-corrected chi connectivity index (χ2v) is 7.87. The molecule has 0 aliphatic heterocycles. The zero-order chi connectivity index (χ0) is 17.2. The zero-order valence-corrected chi connectivity index (χ0v) is 15.8. The molecule has 0 bridgehead atoms. The monoisotopic (exact) mass is 403 g/mol. The van der Waals surface area contributed by atoms with Crippen molar-refractivity contribution in [1.82, 2.24) is 4.98 Å². The van der Waals surface area contributed by atoms with Crippen molar-refractivity contribution in [3.8, 4) is 5.75 Å². The van der Waals surface area contributed by atoms with E-state index in [2.05, 4.69) is 34.8 Å². The van der Waals surface area contributed by atoms with Gasteiger partial charge in [0.15, 0.2) is 5.78 Å². The van der Waals surface area contributed by atoms with Crippen LogP contribution in [0.5, 0.6) is 5.75 Å². The van der Waals surface area contributed by atoms with Gasteiger partial charge in [-0.25, -0.2) is 0 Å². The molecule has 0 saturated carbocycles. The molecule has 0 unspecified atom stereocenters. The van der Waals surface area contributed by atoms with Gasteiger partial charge < -0.3 is 9.72 Å². The molecule has 3 aromatic rings. The van der Waals surface area contributed by atoms with Crippen molar-refractivity contribution < 1.29 is 9.53 Å². The first kappa shape index (κ1) is 15.7. The Hall–Kier alpha value is -1.78. The van der Waals surface area contributed by atoms with E-state index >= 15 is 0 Å². The lowest BCUT2D eigenvalue weighted by Gasteiger charge is -2.32. The fourth-order valence-electron chi connectivity index (χ4n) is 3.56. The first-order chi connectivity index (χ1) is 11.3. The number of H-pyrrole nitrogens is 1. The number of aromatic nitrogens is 1.